The lowest BCUT2D eigenvalue weighted by atomic mass is 10.1. The Hall–Kier alpha value is -2.34. The predicted molar refractivity (Wildman–Crippen MR) is 83.6 cm³/mol. The Morgan fingerprint density at radius 2 is 2.00 bits per heavy atom. The maximum absolute atomic E-state index is 12.3. The van der Waals surface area contributed by atoms with E-state index in [0.29, 0.717) is 30.9 Å². The second kappa shape index (κ2) is 7.61. The van der Waals surface area contributed by atoms with Crippen molar-refractivity contribution >= 4 is 11.8 Å². The summed E-state index contributed by atoms with van der Waals surface area (Å²) in [6, 6.07) is 6.25. The Morgan fingerprint density at radius 3 is 2.82 bits per heavy atom. The Balaban J connectivity index is 2.18. The van der Waals surface area contributed by atoms with E-state index < -0.39 is 6.04 Å². The zero-order valence-electron chi connectivity index (χ0n) is 12.5. The van der Waals surface area contributed by atoms with E-state index in [1.165, 1.54) is 0 Å². The molecule has 0 aliphatic carbocycles. The molecular weight excluding hydrogens is 282 g/mol. The van der Waals surface area contributed by atoms with Crippen LogP contribution in [0.4, 0.5) is 0 Å². The van der Waals surface area contributed by atoms with E-state index >= 15 is 0 Å². The second-order valence-corrected chi connectivity index (χ2v) is 5.24. The summed E-state index contributed by atoms with van der Waals surface area (Å²) in [5.74, 6) is 0.0639. The Bertz CT molecular complexity index is 572. The minimum atomic E-state index is -0.602. The minimum absolute atomic E-state index is 0.213. The van der Waals surface area contributed by atoms with Crippen LogP contribution in [0, 0.1) is 0 Å². The highest BCUT2D eigenvalue weighted by atomic mass is 16.5. The summed E-state index contributed by atoms with van der Waals surface area (Å²) in [7, 11) is 0. The van der Waals surface area contributed by atoms with Gasteiger partial charge in [0, 0.05) is 12.6 Å². The molecule has 0 radical (unpaired) electrons. The standard InChI is InChI=1S/C16H21N3O3/c1-11-10-18-16(21)13(17)7-4-5-9-22-14-8-3-2-6-12(14)15(20)19-11/h2-6,8,11,13H,7,9-10,17H2,1H3,(H,18,21)(H,19,20)/b5-4+/t11-,13+/m0/s1. The van der Waals surface area contributed by atoms with E-state index in [1.54, 1.807) is 24.3 Å². The molecule has 2 amide bonds. The van der Waals surface area contributed by atoms with Crippen molar-refractivity contribution in [2.75, 3.05) is 13.2 Å². The first-order valence-electron chi connectivity index (χ1n) is 7.29. The molecule has 0 bridgehead atoms. The minimum Gasteiger partial charge on any atom is -0.489 e. The van der Waals surface area contributed by atoms with Gasteiger partial charge in [0.15, 0.2) is 0 Å². The van der Waals surface area contributed by atoms with Crippen LogP contribution in [-0.2, 0) is 4.79 Å². The lowest BCUT2D eigenvalue weighted by Crippen LogP contribution is -2.46. The van der Waals surface area contributed by atoms with E-state index in [1.807, 2.05) is 19.1 Å². The van der Waals surface area contributed by atoms with E-state index in [0.717, 1.165) is 0 Å². The molecule has 6 nitrogen and oxygen atoms in total. The van der Waals surface area contributed by atoms with Crippen LogP contribution in [0.2, 0.25) is 0 Å². The average Bonchev–Trinajstić information content (AvgIpc) is 2.51. The van der Waals surface area contributed by atoms with E-state index in [4.69, 9.17) is 10.5 Å². The van der Waals surface area contributed by atoms with Gasteiger partial charge in [-0.3, -0.25) is 9.59 Å². The summed E-state index contributed by atoms with van der Waals surface area (Å²) in [5.41, 5.74) is 6.26. The summed E-state index contributed by atoms with van der Waals surface area (Å²) in [6.45, 7) is 2.46. The topological polar surface area (TPSA) is 93.5 Å². The molecule has 4 N–H and O–H groups in total. The number of benzene rings is 1. The molecule has 6 heteroatoms. The molecule has 118 valence electrons. The van der Waals surface area contributed by atoms with Crippen LogP contribution < -0.4 is 21.1 Å². The maximum atomic E-state index is 12.3. The molecule has 1 aromatic rings. The highest BCUT2D eigenvalue weighted by Crippen LogP contribution is 2.18. The Morgan fingerprint density at radius 1 is 1.23 bits per heavy atom. The predicted octanol–water partition coefficient (Wildman–Crippen LogP) is 0.587. The highest BCUT2D eigenvalue weighted by Gasteiger charge is 2.17. The summed E-state index contributed by atoms with van der Waals surface area (Å²) in [5, 5.41) is 5.57. The average molecular weight is 303 g/mol. The fraction of sp³-hybridized carbons (Fsp3) is 0.375. The molecule has 0 unspecified atom stereocenters. The number of fused-ring (bicyclic) bond motifs is 1. The summed E-state index contributed by atoms with van der Waals surface area (Å²) < 4.78 is 5.61. The van der Waals surface area contributed by atoms with Gasteiger partial charge in [0.1, 0.15) is 12.4 Å². The summed E-state index contributed by atoms with van der Waals surface area (Å²) in [4.78, 5) is 24.1. The Labute approximate surface area is 129 Å². The molecule has 22 heavy (non-hydrogen) atoms. The first-order valence-corrected chi connectivity index (χ1v) is 7.29. The molecule has 1 aliphatic heterocycles. The molecular formula is C16H21N3O3. The van der Waals surface area contributed by atoms with Crippen LogP contribution in [0.3, 0.4) is 0 Å². The number of carbonyl (C=O) groups excluding carboxylic acids is 2. The zero-order valence-corrected chi connectivity index (χ0v) is 12.5. The van der Waals surface area contributed by atoms with Crippen molar-refractivity contribution in [3.05, 3.63) is 42.0 Å². The molecule has 1 aromatic carbocycles. The number of amides is 2. The number of para-hydroxylation sites is 1. The Kier molecular flexibility index (Phi) is 5.55. The molecule has 2 atom stereocenters. The van der Waals surface area contributed by atoms with Gasteiger partial charge in [-0.05, 0) is 25.5 Å². The zero-order chi connectivity index (χ0) is 15.9. The van der Waals surface area contributed by atoms with Crippen molar-refractivity contribution in [3.63, 3.8) is 0 Å². The monoisotopic (exact) mass is 303 g/mol. The quantitative estimate of drug-likeness (QED) is 0.611. The summed E-state index contributed by atoms with van der Waals surface area (Å²) >= 11 is 0. The van der Waals surface area contributed by atoms with Crippen LogP contribution in [0.15, 0.2) is 36.4 Å². The number of carbonyl (C=O) groups is 2. The van der Waals surface area contributed by atoms with E-state index in [9.17, 15) is 9.59 Å². The number of hydrogen-bond donors (Lipinski definition) is 3. The van der Waals surface area contributed by atoms with Gasteiger partial charge in [0.2, 0.25) is 5.91 Å². The molecule has 0 aromatic heterocycles. The lowest BCUT2D eigenvalue weighted by molar-refractivity contribution is -0.122. The van der Waals surface area contributed by atoms with Gasteiger partial charge >= 0.3 is 0 Å². The normalized spacial score (nSPS) is 25.0. The third-order valence-corrected chi connectivity index (χ3v) is 3.32. The number of ether oxygens (including phenoxy) is 1. The van der Waals surface area contributed by atoms with E-state index in [-0.39, 0.29) is 17.9 Å². The maximum Gasteiger partial charge on any atom is 0.255 e. The van der Waals surface area contributed by atoms with Crippen molar-refractivity contribution in [2.24, 2.45) is 5.73 Å². The SMILES string of the molecule is C[C@H]1CNC(=O)[C@H](N)C/C=C/COc2ccccc2C(=O)N1. The van der Waals surface area contributed by atoms with Gasteiger partial charge in [-0.1, -0.05) is 24.3 Å². The largest absolute Gasteiger partial charge is 0.489 e. The molecule has 0 saturated heterocycles. The summed E-state index contributed by atoms with van der Waals surface area (Å²) in [6.07, 6.45) is 4.04. The number of nitrogens with two attached hydrogens (primary N) is 1. The second-order valence-electron chi connectivity index (χ2n) is 5.24. The first-order chi connectivity index (χ1) is 10.6. The van der Waals surface area contributed by atoms with Crippen LogP contribution in [0.1, 0.15) is 23.7 Å². The fourth-order valence-electron chi connectivity index (χ4n) is 2.07. The molecule has 0 spiro atoms. The molecule has 1 heterocycles. The van der Waals surface area contributed by atoms with Crippen LogP contribution in [0.25, 0.3) is 0 Å². The lowest BCUT2D eigenvalue weighted by Gasteiger charge is -2.18. The third-order valence-electron chi connectivity index (χ3n) is 3.32. The van der Waals surface area contributed by atoms with Gasteiger partial charge in [-0.25, -0.2) is 0 Å². The van der Waals surface area contributed by atoms with Gasteiger partial charge < -0.3 is 21.1 Å². The molecule has 2 rings (SSSR count). The highest BCUT2D eigenvalue weighted by molar-refractivity contribution is 5.97. The van der Waals surface area contributed by atoms with Crippen molar-refractivity contribution in [2.45, 2.75) is 25.4 Å². The number of nitrogens with one attached hydrogen (secondary N) is 2. The van der Waals surface area contributed by atoms with Crippen molar-refractivity contribution in [3.8, 4) is 5.75 Å². The van der Waals surface area contributed by atoms with Crippen LogP contribution in [-0.4, -0.2) is 37.0 Å². The van der Waals surface area contributed by atoms with Gasteiger partial charge in [-0.15, -0.1) is 0 Å². The number of hydrogen-bond acceptors (Lipinski definition) is 4. The van der Waals surface area contributed by atoms with Crippen molar-refractivity contribution in [1.82, 2.24) is 10.6 Å². The van der Waals surface area contributed by atoms with Gasteiger partial charge in [0.05, 0.1) is 11.6 Å². The fourth-order valence-corrected chi connectivity index (χ4v) is 2.07. The van der Waals surface area contributed by atoms with Gasteiger partial charge in [-0.2, -0.15) is 0 Å². The smallest absolute Gasteiger partial charge is 0.255 e. The number of rotatable bonds is 0. The molecule has 1 aliphatic rings. The van der Waals surface area contributed by atoms with Crippen LogP contribution in [0.5, 0.6) is 5.75 Å². The van der Waals surface area contributed by atoms with Crippen LogP contribution >= 0.6 is 0 Å². The van der Waals surface area contributed by atoms with Crippen molar-refractivity contribution in [1.29, 1.82) is 0 Å². The van der Waals surface area contributed by atoms with E-state index in [2.05, 4.69) is 10.6 Å². The molecule has 0 saturated carbocycles. The van der Waals surface area contributed by atoms with Gasteiger partial charge in [0.25, 0.3) is 5.91 Å². The third kappa shape index (κ3) is 4.33. The first kappa shape index (κ1) is 16.0. The molecule has 0 fully saturated rings. The van der Waals surface area contributed by atoms with Crippen molar-refractivity contribution < 1.29 is 14.3 Å².